The molecule has 378 valence electrons. The smallest absolute Gasteiger partial charge is 0.338 e. The first kappa shape index (κ1) is 51.5. The molecule has 72 heavy (non-hydrogen) atoms. The molecule has 0 bridgehead atoms. The standard InChI is InChI=1S/C59H66O12Si/c1-72(2,3)35-34-62-58-55(65-39-46-28-16-7-17-29-46)53(69-57(60)48-32-20-9-21-33-48)52-49(68-58)42-67-59(71-52)56(66-40-47-30-18-8-19-31-47)54(64-38-45-26-14-6-15-27-45)51(63-37-44-24-12-5-13-25-44)50(70-59)41-61-36-43-22-10-4-11-23-43/h4-33,49-56,58H,34-42H2,1-3H3/t49-,50-,51-,52-,53+,54+,55-,56+,58-,59?/m1/s1. The summed E-state index contributed by atoms with van der Waals surface area (Å²) in [6, 6.07) is 59.3. The molecule has 0 radical (unpaired) electrons. The third-order valence-corrected chi connectivity index (χ3v) is 14.6. The van der Waals surface area contributed by atoms with Crippen molar-refractivity contribution >= 4 is 14.0 Å². The Kier molecular flexibility index (Phi) is 17.9. The molecule has 3 fully saturated rings. The molecule has 9 rings (SSSR count). The van der Waals surface area contributed by atoms with Gasteiger partial charge in [-0.25, -0.2) is 4.79 Å². The zero-order valence-electron chi connectivity index (χ0n) is 41.3. The van der Waals surface area contributed by atoms with Gasteiger partial charge in [0.2, 0.25) is 0 Å². The second-order valence-electron chi connectivity index (χ2n) is 19.6. The third-order valence-electron chi connectivity index (χ3n) is 12.9. The van der Waals surface area contributed by atoms with Gasteiger partial charge in [0.25, 0.3) is 0 Å². The Morgan fingerprint density at radius 3 is 1.50 bits per heavy atom. The van der Waals surface area contributed by atoms with E-state index in [1.807, 2.05) is 158 Å². The summed E-state index contributed by atoms with van der Waals surface area (Å²) in [6.07, 6.45) is -8.45. The number of hydrogen-bond donors (Lipinski definition) is 0. The van der Waals surface area contributed by atoms with Crippen molar-refractivity contribution in [1.82, 2.24) is 0 Å². The van der Waals surface area contributed by atoms with E-state index < -0.39 is 75.1 Å². The van der Waals surface area contributed by atoms with Gasteiger partial charge in [-0.3, -0.25) is 0 Å². The van der Waals surface area contributed by atoms with Crippen molar-refractivity contribution in [3.8, 4) is 0 Å². The van der Waals surface area contributed by atoms with Gasteiger partial charge in [-0.15, -0.1) is 0 Å². The third kappa shape index (κ3) is 13.8. The van der Waals surface area contributed by atoms with E-state index in [1.54, 1.807) is 24.3 Å². The van der Waals surface area contributed by atoms with Gasteiger partial charge in [0.1, 0.15) is 36.6 Å². The van der Waals surface area contributed by atoms with Crippen LogP contribution in [0.4, 0.5) is 0 Å². The summed E-state index contributed by atoms with van der Waals surface area (Å²) in [7, 11) is -1.54. The zero-order valence-corrected chi connectivity index (χ0v) is 42.3. The molecular formula is C59H66O12Si. The van der Waals surface area contributed by atoms with Crippen molar-refractivity contribution in [3.05, 3.63) is 215 Å². The Morgan fingerprint density at radius 1 is 0.528 bits per heavy atom. The van der Waals surface area contributed by atoms with Gasteiger partial charge in [-0.2, -0.15) is 0 Å². The van der Waals surface area contributed by atoms with Crippen LogP contribution in [0.2, 0.25) is 25.7 Å². The van der Waals surface area contributed by atoms with Gasteiger partial charge >= 0.3 is 11.9 Å². The van der Waals surface area contributed by atoms with E-state index in [4.69, 9.17) is 52.1 Å². The largest absolute Gasteiger partial charge is 0.453 e. The van der Waals surface area contributed by atoms with E-state index in [0.717, 1.165) is 33.9 Å². The summed E-state index contributed by atoms with van der Waals surface area (Å²) in [5, 5.41) is 0. The number of hydrogen-bond acceptors (Lipinski definition) is 12. The maximum absolute atomic E-state index is 14.4. The summed E-state index contributed by atoms with van der Waals surface area (Å²) >= 11 is 0. The molecule has 0 saturated carbocycles. The van der Waals surface area contributed by atoms with Crippen LogP contribution in [0, 0.1) is 0 Å². The molecule has 0 aliphatic carbocycles. The first-order valence-electron chi connectivity index (χ1n) is 25.0. The molecule has 0 N–H and O–H groups in total. The molecule has 0 amide bonds. The first-order chi connectivity index (χ1) is 35.2. The van der Waals surface area contributed by atoms with E-state index in [9.17, 15) is 4.79 Å². The van der Waals surface area contributed by atoms with E-state index >= 15 is 0 Å². The second kappa shape index (κ2) is 25.0. The van der Waals surface area contributed by atoms with Crippen molar-refractivity contribution in [3.63, 3.8) is 0 Å². The number of carbonyl (C=O) groups is 1. The fourth-order valence-electron chi connectivity index (χ4n) is 9.05. The minimum Gasteiger partial charge on any atom is -0.453 e. The molecule has 13 heteroatoms. The van der Waals surface area contributed by atoms with E-state index in [-0.39, 0.29) is 39.6 Å². The molecule has 12 nitrogen and oxygen atoms in total. The molecule has 3 saturated heterocycles. The number of esters is 1. The molecule has 1 spiro atoms. The fraction of sp³-hybridized carbons (Fsp3) is 0.373. The predicted molar refractivity (Wildman–Crippen MR) is 273 cm³/mol. The molecule has 6 aromatic carbocycles. The molecule has 3 heterocycles. The topological polar surface area (TPSA) is 119 Å². The molecule has 3 aliphatic rings. The maximum Gasteiger partial charge on any atom is 0.338 e. The van der Waals surface area contributed by atoms with Gasteiger partial charge in [0, 0.05) is 14.7 Å². The van der Waals surface area contributed by atoms with Crippen LogP contribution < -0.4 is 0 Å². The minimum atomic E-state index is -2.00. The maximum atomic E-state index is 14.4. The lowest BCUT2D eigenvalue weighted by Gasteiger charge is -2.57. The SMILES string of the molecule is C[Si](C)(C)CCO[C@@H]1O[C@@H]2COC3(O[C@H]2[C@H](OC(=O)c2ccccc2)[C@H]1OCc1ccccc1)O[C@H](COCc1ccccc1)[C@@H](OCc1ccccc1)[C@H](OCc1ccccc1)[C@@H]3OCc1ccccc1. The Balaban J connectivity index is 1.12. The highest BCUT2D eigenvalue weighted by atomic mass is 28.3. The predicted octanol–water partition coefficient (Wildman–Crippen LogP) is 10.3. The van der Waals surface area contributed by atoms with Crippen molar-refractivity contribution in [2.75, 3.05) is 19.8 Å². The summed E-state index contributed by atoms with van der Waals surface area (Å²) in [5.41, 5.74) is 5.08. The van der Waals surface area contributed by atoms with Crippen LogP contribution in [-0.4, -0.2) is 95.0 Å². The highest BCUT2D eigenvalue weighted by Gasteiger charge is 2.65. The first-order valence-corrected chi connectivity index (χ1v) is 28.7. The Labute approximate surface area is 424 Å². The average Bonchev–Trinajstić information content (AvgIpc) is 3.41. The van der Waals surface area contributed by atoms with Crippen molar-refractivity contribution in [1.29, 1.82) is 0 Å². The monoisotopic (exact) mass is 994 g/mol. The molecule has 6 aromatic rings. The lowest BCUT2D eigenvalue weighted by Crippen LogP contribution is -2.75. The van der Waals surface area contributed by atoms with Crippen LogP contribution in [-0.2, 0) is 85.1 Å². The summed E-state index contributed by atoms with van der Waals surface area (Å²) in [5.74, 6) is -2.56. The lowest BCUT2D eigenvalue weighted by molar-refractivity contribution is -0.516. The Morgan fingerprint density at radius 2 is 0.986 bits per heavy atom. The highest BCUT2D eigenvalue weighted by Crippen LogP contribution is 2.45. The molecule has 1 unspecified atom stereocenters. The van der Waals surface area contributed by atoms with Gasteiger partial charge < -0.3 is 52.1 Å². The Bertz CT molecular complexity index is 2520. The second-order valence-corrected chi connectivity index (χ2v) is 25.2. The molecule has 3 aliphatic heterocycles. The Hall–Kier alpha value is -5.39. The summed E-state index contributed by atoms with van der Waals surface area (Å²) in [4.78, 5) is 14.4. The van der Waals surface area contributed by atoms with Gasteiger partial charge in [0.15, 0.2) is 18.5 Å². The van der Waals surface area contributed by atoms with Crippen LogP contribution in [0.25, 0.3) is 0 Å². The summed E-state index contributed by atoms with van der Waals surface area (Å²) in [6.45, 7) is 8.36. The number of carbonyl (C=O) groups excluding carboxylic acids is 1. The van der Waals surface area contributed by atoms with Crippen molar-refractivity contribution < 1.29 is 56.9 Å². The number of fused-ring (bicyclic) bond motifs is 1. The van der Waals surface area contributed by atoms with Crippen LogP contribution in [0.1, 0.15) is 38.2 Å². The normalized spacial score (nSPS) is 26.2. The van der Waals surface area contributed by atoms with Crippen molar-refractivity contribution in [2.24, 2.45) is 0 Å². The minimum absolute atomic E-state index is 0.0618. The molecule has 0 aromatic heterocycles. The quantitative estimate of drug-likeness (QED) is 0.0476. The number of benzene rings is 6. The van der Waals surface area contributed by atoms with Gasteiger partial charge in [-0.05, 0) is 46.0 Å². The van der Waals surface area contributed by atoms with Crippen LogP contribution >= 0.6 is 0 Å². The van der Waals surface area contributed by atoms with Crippen LogP contribution in [0.15, 0.2) is 182 Å². The van der Waals surface area contributed by atoms with E-state index in [2.05, 4.69) is 19.6 Å². The molecule has 10 atom stereocenters. The lowest BCUT2D eigenvalue weighted by atomic mass is 9.93. The van der Waals surface area contributed by atoms with Crippen molar-refractivity contribution in [2.45, 2.75) is 120 Å². The number of ether oxygens (including phenoxy) is 11. The van der Waals surface area contributed by atoms with Crippen LogP contribution in [0.5, 0.6) is 0 Å². The molecular weight excluding hydrogens is 929 g/mol. The number of rotatable bonds is 22. The van der Waals surface area contributed by atoms with Crippen LogP contribution in [0.3, 0.4) is 0 Å². The summed E-state index contributed by atoms with van der Waals surface area (Å²) < 4.78 is 76.1. The van der Waals surface area contributed by atoms with Gasteiger partial charge in [0.05, 0.1) is 51.8 Å². The van der Waals surface area contributed by atoms with E-state index in [1.165, 1.54) is 0 Å². The average molecular weight is 995 g/mol. The zero-order chi connectivity index (χ0) is 49.6. The fourth-order valence-corrected chi connectivity index (χ4v) is 9.78. The highest BCUT2D eigenvalue weighted by molar-refractivity contribution is 6.76. The van der Waals surface area contributed by atoms with E-state index in [0.29, 0.717) is 18.8 Å². The van der Waals surface area contributed by atoms with Gasteiger partial charge in [-0.1, -0.05) is 189 Å².